The highest BCUT2D eigenvalue weighted by Gasteiger charge is 2.40. The van der Waals surface area contributed by atoms with Gasteiger partial charge in [-0.1, -0.05) is 30.3 Å². The van der Waals surface area contributed by atoms with E-state index >= 15 is 0 Å². The molecule has 0 amide bonds. The molecule has 1 fully saturated rings. The lowest BCUT2D eigenvalue weighted by Crippen LogP contribution is -2.40. The van der Waals surface area contributed by atoms with Crippen molar-refractivity contribution in [1.82, 2.24) is 0 Å². The Morgan fingerprint density at radius 2 is 1.59 bits per heavy atom. The zero-order valence-corrected chi connectivity index (χ0v) is 16.6. The van der Waals surface area contributed by atoms with Crippen LogP contribution < -0.4 is 0 Å². The number of benzene rings is 2. The van der Waals surface area contributed by atoms with Gasteiger partial charge in [0.25, 0.3) is 0 Å². The Morgan fingerprint density at radius 1 is 1.00 bits per heavy atom. The summed E-state index contributed by atoms with van der Waals surface area (Å²) in [6.45, 7) is -0.147. The van der Waals surface area contributed by atoms with Crippen LogP contribution in [0.2, 0.25) is 0 Å². The van der Waals surface area contributed by atoms with E-state index in [9.17, 15) is 36.2 Å². The minimum absolute atomic E-state index is 0.0670. The van der Waals surface area contributed by atoms with Crippen LogP contribution >= 0.6 is 0 Å². The Balaban J connectivity index is 1.78. The Labute approximate surface area is 179 Å². The van der Waals surface area contributed by atoms with Crippen molar-refractivity contribution in [2.24, 2.45) is 5.92 Å². The van der Waals surface area contributed by atoms with Crippen molar-refractivity contribution in [3.8, 4) is 0 Å². The standard InChI is InChI=1S/C22H20F6O4/c23-21(24,25)15-10-13(11-16(12-15)22(26,27)28)6-8-31-20-18(14-4-2-1-3-5-14)17(19(29)30)7-9-32-20/h1-5,10-12,17-18,20H,6-9H2,(H,29,30)/t17-,18+,20+/m1/s1. The van der Waals surface area contributed by atoms with Gasteiger partial charge in [-0.3, -0.25) is 4.79 Å². The monoisotopic (exact) mass is 462 g/mol. The molecule has 3 rings (SSSR count). The van der Waals surface area contributed by atoms with Crippen molar-refractivity contribution in [1.29, 1.82) is 0 Å². The molecule has 0 aromatic heterocycles. The van der Waals surface area contributed by atoms with Crippen molar-refractivity contribution < 1.29 is 45.7 Å². The first-order valence-corrected chi connectivity index (χ1v) is 9.76. The molecule has 1 aliphatic rings. The van der Waals surface area contributed by atoms with Crippen LogP contribution in [0.1, 0.15) is 34.6 Å². The topological polar surface area (TPSA) is 55.8 Å². The summed E-state index contributed by atoms with van der Waals surface area (Å²) in [5, 5.41) is 9.58. The molecule has 0 radical (unpaired) electrons. The van der Waals surface area contributed by atoms with E-state index in [1.54, 1.807) is 30.3 Å². The number of aliphatic carboxylic acids is 1. The summed E-state index contributed by atoms with van der Waals surface area (Å²) in [4.78, 5) is 11.7. The summed E-state index contributed by atoms with van der Waals surface area (Å²) in [5.74, 6) is -2.51. The predicted molar refractivity (Wildman–Crippen MR) is 101 cm³/mol. The number of carbonyl (C=O) groups is 1. The first-order valence-electron chi connectivity index (χ1n) is 9.76. The molecule has 0 bridgehead atoms. The van der Waals surface area contributed by atoms with Crippen molar-refractivity contribution in [2.75, 3.05) is 13.2 Å². The van der Waals surface area contributed by atoms with Crippen LogP contribution in [0.4, 0.5) is 26.3 Å². The van der Waals surface area contributed by atoms with Gasteiger partial charge in [-0.05, 0) is 42.2 Å². The van der Waals surface area contributed by atoms with E-state index in [0.29, 0.717) is 17.7 Å². The first-order chi connectivity index (χ1) is 15.0. The average molecular weight is 462 g/mol. The Hall–Kier alpha value is -2.59. The summed E-state index contributed by atoms with van der Waals surface area (Å²) in [6, 6.07) is 10.00. The van der Waals surface area contributed by atoms with Gasteiger partial charge in [-0.25, -0.2) is 0 Å². The van der Waals surface area contributed by atoms with Crippen LogP contribution in [0.15, 0.2) is 48.5 Å². The van der Waals surface area contributed by atoms with Crippen LogP contribution in [0.3, 0.4) is 0 Å². The van der Waals surface area contributed by atoms with Crippen LogP contribution in [0.25, 0.3) is 0 Å². The smallest absolute Gasteiger partial charge is 0.416 e. The molecule has 1 aliphatic heterocycles. The third-order valence-electron chi connectivity index (χ3n) is 5.26. The zero-order valence-electron chi connectivity index (χ0n) is 16.6. The zero-order chi connectivity index (χ0) is 23.5. The van der Waals surface area contributed by atoms with E-state index in [2.05, 4.69) is 0 Å². The normalized spacial score (nSPS) is 22.0. The van der Waals surface area contributed by atoms with Gasteiger partial charge >= 0.3 is 18.3 Å². The fourth-order valence-electron chi connectivity index (χ4n) is 3.73. The second kappa shape index (κ2) is 9.50. The molecule has 1 N–H and O–H groups in total. The van der Waals surface area contributed by atoms with E-state index < -0.39 is 47.6 Å². The van der Waals surface area contributed by atoms with Crippen molar-refractivity contribution in [3.05, 3.63) is 70.8 Å². The van der Waals surface area contributed by atoms with Crippen LogP contribution in [0.5, 0.6) is 0 Å². The van der Waals surface area contributed by atoms with Crippen LogP contribution in [-0.4, -0.2) is 30.6 Å². The minimum Gasteiger partial charge on any atom is -0.481 e. The number of hydrogen-bond donors (Lipinski definition) is 1. The number of carboxylic acid groups (broad SMARTS) is 1. The molecule has 10 heteroatoms. The maximum absolute atomic E-state index is 13.0. The molecule has 0 aliphatic carbocycles. The van der Waals surface area contributed by atoms with Gasteiger partial charge in [0.05, 0.1) is 30.3 Å². The molecule has 1 heterocycles. The van der Waals surface area contributed by atoms with Gasteiger partial charge in [0.2, 0.25) is 0 Å². The molecule has 0 unspecified atom stereocenters. The third-order valence-corrected chi connectivity index (χ3v) is 5.26. The van der Waals surface area contributed by atoms with Gasteiger partial charge in [0.15, 0.2) is 6.29 Å². The summed E-state index contributed by atoms with van der Waals surface area (Å²) in [7, 11) is 0. The highest BCUT2D eigenvalue weighted by Crippen LogP contribution is 2.38. The van der Waals surface area contributed by atoms with E-state index in [0.717, 1.165) is 0 Å². The third kappa shape index (κ3) is 5.80. The van der Waals surface area contributed by atoms with Gasteiger partial charge < -0.3 is 14.6 Å². The Bertz CT molecular complexity index is 894. The molecule has 174 valence electrons. The van der Waals surface area contributed by atoms with Crippen LogP contribution in [0, 0.1) is 5.92 Å². The lowest BCUT2D eigenvalue weighted by molar-refractivity contribution is -0.195. The molecule has 2 aromatic rings. The highest BCUT2D eigenvalue weighted by atomic mass is 19.4. The second-order valence-electron chi connectivity index (χ2n) is 7.44. The number of hydrogen-bond acceptors (Lipinski definition) is 3. The van der Waals surface area contributed by atoms with Gasteiger partial charge in [0.1, 0.15) is 0 Å². The van der Waals surface area contributed by atoms with Gasteiger partial charge in [-0.15, -0.1) is 0 Å². The van der Waals surface area contributed by atoms with Gasteiger partial charge in [0, 0.05) is 5.92 Å². The minimum atomic E-state index is -4.93. The molecule has 0 spiro atoms. The highest BCUT2D eigenvalue weighted by molar-refractivity contribution is 5.71. The summed E-state index contributed by atoms with van der Waals surface area (Å²) in [6.07, 6.45) is -10.9. The van der Waals surface area contributed by atoms with E-state index in [4.69, 9.17) is 9.47 Å². The molecule has 1 saturated heterocycles. The van der Waals surface area contributed by atoms with Crippen molar-refractivity contribution >= 4 is 5.97 Å². The van der Waals surface area contributed by atoms with Crippen molar-refractivity contribution in [2.45, 2.75) is 37.4 Å². The average Bonchev–Trinajstić information content (AvgIpc) is 2.72. The first kappa shape index (κ1) is 24.1. The molecule has 3 atom stereocenters. The lowest BCUT2D eigenvalue weighted by Gasteiger charge is -2.36. The lowest BCUT2D eigenvalue weighted by atomic mass is 9.82. The predicted octanol–water partition coefficient (Wildman–Crippen LogP) is 5.51. The fourth-order valence-corrected chi connectivity index (χ4v) is 3.73. The molecular weight excluding hydrogens is 442 g/mol. The SMILES string of the molecule is O=C(O)[C@@H]1CCO[C@H](OCCc2cc(C(F)(F)F)cc(C(F)(F)F)c2)[C@H]1c1ccccc1. The summed E-state index contributed by atoms with van der Waals surface area (Å²) < 4.78 is 89.4. The van der Waals surface area contributed by atoms with E-state index in [-0.39, 0.29) is 37.7 Å². The molecule has 4 nitrogen and oxygen atoms in total. The summed E-state index contributed by atoms with van der Waals surface area (Å²) >= 11 is 0. The maximum atomic E-state index is 13.0. The Kier molecular flexibility index (Phi) is 7.14. The maximum Gasteiger partial charge on any atom is 0.416 e. The number of alkyl halides is 6. The number of ether oxygens (including phenoxy) is 2. The number of rotatable bonds is 6. The number of halogens is 6. The van der Waals surface area contributed by atoms with Gasteiger partial charge in [-0.2, -0.15) is 26.3 Å². The van der Waals surface area contributed by atoms with E-state index in [1.165, 1.54) is 0 Å². The fraction of sp³-hybridized carbons (Fsp3) is 0.409. The molecule has 32 heavy (non-hydrogen) atoms. The second-order valence-corrected chi connectivity index (χ2v) is 7.44. The Morgan fingerprint density at radius 3 is 2.12 bits per heavy atom. The molecule has 2 aromatic carbocycles. The van der Waals surface area contributed by atoms with Crippen molar-refractivity contribution in [3.63, 3.8) is 0 Å². The quantitative estimate of drug-likeness (QED) is 0.575. The largest absolute Gasteiger partial charge is 0.481 e. The molecule has 0 saturated carbocycles. The van der Waals surface area contributed by atoms with Crippen LogP contribution in [-0.2, 0) is 33.0 Å². The van der Waals surface area contributed by atoms with E-state index in [1.807, 2.05) is 0 Å². The molecular formula is C22H20F6O4. The number of carboxylic acids is 1. The summed E-state index contributed by atoms with van der Waals surface area (Å²) in [5.41, 5.74) is -2.34.